The van der Waals surface area contributed by atoms with Crippen LogP contribution in [0.1, 0.15) is 34.0 Å². The molecule has 0 fully saturated rings. The topological polar surface area (TPSA) is 117 Å². The van der Waals surface area contributed by atoms with Crippen molar-refractivity contribution in [1.82, 2.24) is 0 Å². The van der Waals surface area contributed by atoms with Crippen LogP contribution >= 0.6 is 11.6 Å². The first kappa shape index (κ1) is 21.0. The fourth-order valence-corrected chi connectivity index (χ4v) is 4.04. The molecule has 2 N–H and O–H groups in total. The monoisotopic (exact) mass is 435 g/mol. The summed E-state index contributed by atoms with van der Waals surface area (Å²) in [4.78, 5) is 24.1. The first-order chi connectivity index (χ1) is 13.6. The molecular formula is C20H18ClNO6S. The second-order valence-electron chi connectivity index (χ2n) is 6.49. The highest BCUT2D eigenvalue weighted by atomic mass is 35.5. The molecule has 152 valence electrons. The largest absolute Gasteiger partial charge is 0.457 e. The Morgan fingerprint density at radius 2 is 1.90 bits per heavy atom. The zero-order valence-corrected chi connectivity index (χ0v) is 17.3. The Kier molecular flexibility index (Phi) is 5.79. The number of nitrogens with two attached hydrogens (primary N) is 1. The summed E-state index contributed by atoms with van der Waals surface area (Å²) < 4.78 is 33.8. The van der Waals surface area contributed by atoms with Crippen LogP contribution in [0.15, 0.2) is 50.5 Å². The van der Waals surface area contributed by atoms with Crippen molar-refractivity contribution >= 4 is 38.6 Å². The molecule has 1 aromatic heterocycles. The van der Waals surface area contributed by atoms with Crippen LogP contribution in [0.3, 0.4) is 0 Å². The van der Waals surface area contributed by atoms with E-state index in [1.165, 1.54) is 18.2 Å². The second-order valence-corrected chi connectivity index (χ2v) is 8.42. The number of primary sulfonamides is 1. The van der Waals surface area contributed by atoms with Gasteiger partial charge in [0.2, 0.25) is 10.0 Å². The predicted octanol–water partition coefficient (Wildman–Crippen LogP) is 3.32. The molecule has 0 aliphatic rings. The maximum atomic E-state index is 12.4. The number of esters is 1. The first-order valence-corrected chi connectivity index (χ1v) is 10.6. The molecule has 0 aliphatic heterocycles. The molecule has 0 unspecified atom stereocenters. The van der Waals surface area contributed by atoms with E-state index < -0.39 is 21.6 Å². The molecule has 29 heavy (non-hydrogen) atoms. The van der Waals surface area contributed by atoms with Crippen LogP contribution in [0.25, 0.3) is 11.0 Å². The van der Waals surface area contributed by atoms with Crippen LogP contribution in [-0.2, 0) is 27.8 Å². The van der Waals surface area contributed by atoms with Crippen LogP contribution in [0.4, 0.5) is 0 Å². The molecule has 3 aromatic rings. The van der Waals surface area contributed by atoms with E-state index in [9.17, 15) is 18.0 Å². The van der Waals surface area contributed by atoms with Crippen molar-refractivity contribution in [2.75, 3.05) is 0 Å². The van der Waals surface area contributed by atoms with E-state index >= 15 is 0 Å². The fourth-order valence-electron chi connectivity index (χ4n) is 2.94. The standard InChI is InChI=1S/C20H18ClNO6S/c1-3-12-6-17-15(9-16(12)21)14(8-19(23)28-17)10-27-20(24)13-5-4-11(2)18(7-13)29(22,25)26/h4-9H,3,10H2,1-2H3,(H2,22,25,26). The summed E-state index contributed by atoms with van der Waals surface area (Å²) in [6.07, 6.45) is 0.664. The molecule has 0 amide bonds. The summed E-state index contributed by atoms with van der Waals surface area (Å²) >= 11 is 6.25. The third-order valence-corrected chi connectivity index (χ3v) is 5.87. The lowest BCUT2D eigenvalue weighted by Crippen LogP contribution is -2.15. The maximum Gasteiger partial charge on any atom is 0.338 e. The van der Waals surface area contributed by atoms with Crippen molar-refractivity contribution < 1.29 is 22.4 Å². The van der Waals surface area contributed by atoms with E-state index in [0.29, 0.717) is 33.5 Å². The molecule has 9 heteroatoms. The molecule has 1 heterocycles. The number of rotatable bonds is 5. The lowest BCUT2D eigenvalue weighted by atomic mass is 10.1. The van der Waals surface area contributed by atoms with Gasteiger partial charge in [0.05, 0.1) is 10.5 Å². The molecule has 0 spiro atoms. The van der Waals surface area contributed by atoms with Gasteiger partial charge in [0, 0.05) is 22.0 Å². The predicted molar refractivity (Wildman–Crippen MR) is 109 cm³/mol. The number of hydrogen-bond donors (Lipinski definition) is 1. The highest BCUT2D eigenvalue weighted by molar-refractivity contribution is 7.89. The lowest BCUT2D eigenvalue weighted by Gasteiger charge is -2.10. The quantitative estimate of drug-likeness (QED) is 0.485. The van der Waals surface area contributed by atoms with Crippen LogP contribution in [-0.4, -0.2) is 14.4 Å². The second kappa shape index (κ2) is 7.98. The SMILES string of the molecule is CCc1cc2oc(=O)cc(COC(=O)c3ccc(C)c(S(N)(=O)=O)c3)c2cc1Cl. The minimum absolute atomic E-state index is 0.0261. The number of carbonyl (C=O) groups is 1. The van der Waals surface area contributed by atoms with Crippen LogP contribution in [0.2, 0.25) is 5.02 Å². The van der Waals surface area contributed by atoms with Gasteiger partial charge in [-0.15, -0.1) is 0 Å². The highest BCUT2D eigenvalue weighted by Gasteiger charge is 2.17. The van der Waals surface area contributed by atoms with Gasteiger partial charge in [0.25, 0.3) is 0 Å². The Bertz CT molecular complexity index is 1280. The van der Waals surface area contributed by atoms with Crippen LogP contribution in [0.5, 0.6) is 0 Å². The van der Waals surface area contributed by atoms with Gasteiger partial charge >= 0.3 is 11.6 Å². The van der Waals surface area contributed by atoms with Crippen LogP contribution in [0, 0.1) is 6.92 Å². The zero-order valence-electron chi connectivity index (χ0n) is 15.7. The average Bonchev–Trinajstić information content (AvgIpc) is 2.65. The molecule has 7 nitrogen and oxygen atoms in total. The van der Waals surface area contributed by atoms with Gasteiger partial charge in [-0.3, -0.25) is 0 Å². The summed E-state index contributed by atoms with van der Waals surface area (Å²) in [5.41, 5.74) is 1.45. The van der Waals surface area contributed by atoms with E-state index in [0.717, 1.165) is 11.6 Å². The lowest BCUT2D eigenvalue weighted by molar-refractivity contribution is 0.0473. The molecule has 0 aliphatic carbocycles. The summed E-state index contributed by atoms with van der Waals surface area (Å²) in [6.45, 7) is 3.27. The molecule has 2 aromatic carbocycles. The number of benzene rings is 2. The number of halogens is 1. The van der Waals surface area contributed by atoms with Gasteiger partial charge in [-0.1, -0.05) is 24.6 Å². The third-order valence-electron chi connectivity index (χ3n) is 4.47. The average molecular weight is 436 g/mol. The number of aryl methyl sites for hydroxylation is 2. The summed E-state index contributed by atoms with van der Waals surface area (Å²) in [6, 6.07) is 8.63. The van der Waals surface area contributed by atoms with Crippen molar-refractivity contribution in [2.24, 2.45) is 5.14 Å². The number of ether oxygens (including phenoxy) is 1. The Balaban J connectivity index is 1.92. The van der Waals surface area contributed by atoms with Crippen molar-refractivity contribution in [1.29, 1.82) is 0 Å². The van der Waals surface area contributed by atoms with Crippen molar-refractivity contribution in [3.05, 3.63) is 74.1 Å². The molecular weight excluding hydrogens is 418 g/mol. The van der Waals surface area contributed by atoms with Gasteiger partial charge in [-0.05, 0) is 48.7 Å². The van der Waals surface area contributed by atoms with E-state index in [2.05, 4.69) is 0 Å². The number of sulfonamides is 1. The van der Waals surface area contributed by atoms with Crippen molar-refractivity contribution in [3.63, 3.8) is 0 Å². The smallest absolute Gasteiger partial charge is 0.338 e. The van der Waals surface area contributed by atoms with E-state index in [1.54, 1.807) is 19.1 Å². The summed E-state index contributed by atoms with van der Waals surface area (Å²) in [5, 5.41) is 6.23. The summed E-state index contributed by atoms with van der Waals surface area (Å²) in [5.74, 6) is -0.757. The molecule has 3 rings (SSSR count). The van der Waals surface area contributed by atoms with Gasteiger partial charge in [0.15, 0.2) is 0 Å². The Morgan fingerprint density at radius 3 is 2.55 bits per heavy atom. The number of carbonyl (C=O) groups excluding carboxylic acids is 1. The van der Waals surface area contributed by atoms with Gasteiger partial charge in [0.1, 0.15) is 12.2 Å². The minimum Gasteiger partial charge on any atom is -0.457 e. The van der Waals surface area contributed by atoms with Gasteiger partial charge in [-0.2, -0.15) is 0 Å². The van der Waals surface area contributed by atoms with Crippen molar-refractivity contribution in [2.45, 2.75) is 31.8 Å². The molecule has 0 saturated heterocycles. The number of fused-ring (bicyclic) bond motifs is 1. The van der Waals surface area contributed by atoms with Gasteiger partial charge in [-0.25, -0.2) is 23.1 Å². The van der Waals surface area contributed by atoms with Gasteiger partial charge < -0.3 is 9.15 Å². The maximum absolute atomic E-state index is 12.4. The highest BCUT2D eigenvalue weighted by Crippen LogP contribution is 2.27. The minimum atomic E-state index is -3.98. The first-order valence-electron chi connectivity index (χ1n) is 8.66. The fraction of sp³-hybridized carbons (Fsp3) is 0.200. The number of hydrogen-bond acceptors (Lipinski definition) is 6. The Labute approximate surface area is 172 Å². The Hall–Kier alpha value is -2.68. The summed E-state index contributed by atoms with van der Waals surface area (Å²) in [7, 11) is -3.98. The zero-order chi connectivity index (χ0) is 21.3. The van der Waals surface area contributed by atoms with E-state index in [4.69, 9.17) is 25.9 Å². The normalized spacial score (nSPS) is 11.6. The van der Waals surface area contributed by atoms with E-state index in [-0.39, 0.29) is 17.1 Å². The third kappa shape index (κ3) is 4.50. The molecule has 0 bridgehead atoms. The van der Waals surface area contributed by atoms with Crippen molar-refractivity contribution in [3.8, 4) is 0 Å². The molecule has 0 radical (unpaired) electrons. The Morgan fingerprint density at radius 1 is 1.17 bits per heavy atom. The van der Waals surface area contributed by atoms with E-state index in [1.807, 2.05) is 6.92 Å². The van der Waals surface area contributed by atoms with Crippen LogP contribution < -0.4 is 10.8 Å². The molecule has 0 atom stereocenters. The molecule has 0 saturated carbocycles.